The highest BCUT2D eigenvalue weighted by Gasteiger charge is 2.52. The maximum Gasteiger partial charge on any atom is 0.308 e. The van der Waals surface area contributed by atoms with Crippen LogP contribution in [0.3, 0.4) is 0 Å². The second-order valence-corrected chi connectivity index (χ2v) is 9.27. The van der Waals surface area contributed by atoms with E-state index in [4.69, 9.17) is 14.2 Å². The number of allylic oxidation sites excluding steroid dienone is 2. The van der Waals surface area contributed by atoms with Crippen molar-refractivity contribution >= 4 is 11.8 Å². The molecule has 0 aromatic heterocycles. The third kappa shape index (κ3) is 7.26. The van der Waals surface area contributed by atoms with Crippen LogP contribution in [-0.4, -0.2) is 47.1 Å². The van der Waals surface area contributed by atoms with Gasteiger partial charge >= 0.3 is 5.97 Å². The van der Waals surface area contributed by atoms with Crippen molar-refractivity contribution in [1.29, 1.82) is 0 Å². The summed E-state index contributed by atoms with van der Waals surface area (Å²) in [5.41, 5.74) is -0.660. The lowest BCUT2D eigenvalue weighted by molar-refractivity contribution is -0.291. The van der Waals surface area contributed by atoms with Gasteiger partial charge in [0.1, 0.15) is 5.60 Å². The molecule has 3 rings (SSSR count). The Kier molecular flexibility index (Phi) is 8.87. The number of carbonyl (C=O) groups is 2. The number of unbranched alkanes of at least 4 members (excludes halogenated alkanes) is 7. The van der Waals surface area contributed by atoms with Crippen LogP contribution in [0.5, 0.6) is 0 Å². The maximum atomic E-state index is 12.3. The molecule has 31 heavy (non-hydrogen) atoms. The standard InChI is InChI=1S/C25H38O6/c1-2-3-4-5-6-7-8-9-16-29-23(28)18-22-17-21(27)19-25(30-22)15-14-24(31-25)12-10-20(26)11-13-24/h10-13,21-22,27H,2-9,14-19H2,1H3/t21-,22+,25+/m1/s1. The summed E-state index contributed by atoms with van der Waals surface area (Å²) in [6.07, 6.45) is 17.3. The SMILES string of the molecule is CCCCCCCCCCOC(=O)C[C@@H]1C[C@@H](O)C[C@@]2(CCC3(C=CC(=O)C=C3)O2)O1. The third-order valence-corrected chi connectivity index (χ3v) is 6.45. The van der Waals surface area contributed by atoms with Gasteiger partial charge in [-0.25, -0.2) is 0 Å². The molecule has 3 atom stereocenters. The average Bonchev–Trinajstić information content (AvgIpc) is 3.05. The summed E-state index contributed by atoms with van der Waals surface area (Å²) in [4.78, 5) is 23.7. The first-order valence-corrected chi connectivity index (χ1v) is 12.1. The van der Waals surface area contributed by atoms with Crippen LogP contribution in [0.2, 0.25) is 0 Å². The molecular formula is C25H38O6. The molecule has 2 spiro atoms. The Hall–Kier alpha value is -1.50. The van der Waals surface area contributed by atoms with Gasteiger partial charge in [0, 0.05) is 19.3 Å². The fourth-order valence-electron chi connectivity index (χ4n) is 4.79. The van der Waals surface area contributed by atoms with E-state index in [0.29, 0.717) is 32.3 Å². The van der Waals surface area contributed by atoms with E-state index in [1.807, 2.05) is 0 Å². The van der Waals surface area contributed by atoms with Crippen molar-refractivity contribution in [3.8, 4) is 0 Å². The summed E-state index contributed by atoms with van der Waals surface area (Å²) in [5.74, 6) is -1.26. The fraction of sp³-hybridized carbons (Fsp3) is 0.760. The molecule has 6 nitrogen and oxygen atoms in total. The molecule has 0 radical (unpaired) electrons. The summed E-state index contributed by atoms with van der Waals surface area (Å²) in [6, 6.07) is 0. The van der Waals surface area contributed by atoms with Crippen LogP contribution in [-0.2, 0) is 23.8 Å². The van der Waals surface area contributed by atoms with E-state index in [-0.39, 0.29) is 18.2 Å². The minimum Gasteiger partial charge on any atom is -0.466 e. The molecule has 2 fully saturated rings. The minimum atomic E-state index is -0.921. The molecule has 2 aliphatic heterocycles. The van der Waals surface area contributed by atoms with E-state index in [1.165, 1.54) is 50.7 Å². The van der Waals surface area contributed by atoms with E-state index in [0.717, 1.165) is 12.8 Å². The van der Waals surface area contributed by atoms with E-state index in [1.54, 1.807) is 12.2 Å². The van der Waals surface area contributed by atoms with Crippen LogP contribution in [0.4, 0.5) is 0 Å². The Bertz CT molecular complexity index is 653. The number of ether oxygens (including phenoxy) is 3. The van der Waals surface area contributed by atoms with Crippen LogP contribution < -0.4 is 0 Å². The fourth-order valence-corrected chi connectivity index (χ4v) is 4.79. The lowest BCUT2D eigenvalue weighted by Crippen LogP contribution is -2.48. The average molecular weight is 435 g/mol. The third-order valence-electron chi connectivity index (χ3n) is 6.45. The lowest BCUT2D eigenvalue weighted by Gasteiger charge is -2.41. The lowest BCUT2D eigenvalue weighted by atomic mass is 9.92. The van der Waals surface area contributed by atoms with Crippen LogP contribution in [0.15, 0.2) is 24.3 Å². The number of carbonyl (C=O) groups excluding carboxylic acids is 2. The van der Waals surface area contributed by atoms with Gasteiger partial charge in [-0.2, -0.15) is 0 Å². The Labute approximate surface area is 186 Å². The Morgan fingerprint density at radius 1 is 1.10 bits per heavy atom. The van der Waals surface area contributed by atoms with E-state index in [2.05, 4.69) is 6.92 Å². The topological polar surface area (TPSA) is 82.1 Å². The number of hydrogen-bond donors (Lipinski definition) is 1. The molecule has 0 saturated carbocycles. The first-order chi connectivity index (χ1) is 14.9. The van der Waals surface area contributed by atoms with Gasteiger partial charge < -0.3 is 19.3 Å². The first-order valence-electron chi connectivity index (χ1n) is 12.1. The van der Waals surface area contributed by atoms with Gasteiger partial charge in [-0.05, 0) is 37.1 Å². The normalized spacial score (nSPS) is 29.2. The summed E-state index contributed by atoms with van der Waals surface area (Å²) < 4.78 is 17.8. The molecule has 0 unspecified atom stereocenters. The number of aliphatic hydroxyl groups excluding tert-OH is 1. The molecule has 1 aliphatic carbocycles. The molecule has 2 heterocycles. The first kappa shape index (κ1) is 24.1. The molecule has 0 aromatic carbocycles. The predicted octanol–water partition coefficient (Wildman–Crippen LogP) is 4.54. The number of aliphatic hydroxyl groups is 1. The van der Waals surface area contributed by atoms with Crippen molar-refractivity contribution in [3.05, 3.63) is 24.3 Å². The zero-order valence-corrected chi connectivity index (χ0v) is 18.9. The van der Waals surface area contributed by atoms with E-state index >= 15 is 0 Å². The molecule has 174 valence electrons. The molecule has 0 bridgehead atoms. The maximum absolute atomic E-state index is 12.3. The Morgan fingerprint density at radius 3 is 2.48 bits per heavy atom. The number of hydrogen-bond acceptors (Lipinski definition) is 6. The summed E-state index contributed by atoms with van der Waals surface area (Å²) in [6.45, 7) is 2.66. The second-order valence-electron chi connectivity index (χ2n) is 9.27. The Morgan fingerprint density at radius 2 is 1.77 bits per heavy atom. The monoisotopic (exact) mass is 434 g/mol. The van der Waals surface area contributed by atoms with E-state index < -0.39 is 23.6 Å². The second kappa shape index (κ2) is 11.4. The smallest absolute Gasteiger partial charge is 0.308 e. The molecule has 2 saturated heterocycles. The molecule has 0 amide bonds. The van der Waals surface area contributed by atoms with Crippen molar-refractivity contribution < 1.29 is 28.9 Å². The molecule has 1 N–H and O–H groups in total. The number of rotatable bonds is 11. The largest absolute Gasteiger partial charge is 0.466 e. The summed E-state index contributed by atoms with van der Waals surface area (Å²) in [7, 11) is 0. The van der Waals surface area contributed by atoms with Crippen molar-refractivity contribution in [3.63, 3.8) is 0 Å². The minimum absolute atomic E-state index is 0.0584. The van der Waals surface area contributed by atoms with Crippen molar-refractivity contribution in [2.45, 2.75) is 114 Å². The highest BCUT2D eigenvalue weighted by atomic mass is 16.7. The summed E-state index contributed by atoms with van der Waals surface area (Å²) in [5, 5.41) is 10.4. The quantitative estimate of drug-likeness (QED) is 0.380. The van der Waals surface area contributed by atoms with Gasteiger partial charge in [0.05, 0.1) is 25.2 Å². The van der Waals surface area contributed by atoms with Crippen molar-refractivity contribution in [2.24, 2.45) is 0 Å². The van der Waals surface area contributed by atoms with Crippen molar-refractivity contribution in [1.82, 2.24) is 0 Å². The molecule has 0 aromatic rings. The van der Waals surface area contributed by atoms with Crippen LogP contribution in [0, 0.1) is 0 Å². The molecule has 6 heteroatoms. The van der Waals surface area contributed by atoms with Gasteiger partial charge in [0.2, 0.25) is 0 Å². The molecule has 3 aliphatic rings. The zero-order chi connectivity index (χ0) is 22.2. The van der Waals surface area contributed by atoms with Gasteiger partial charge in [-0.1, -0.05) is 51.9 Å². The zero-order valence-electron chi connectivity index (χ0n) is 18.9. The number of ketones is 1. The van der Waals surface area contributed by atoms with Crippen molar-refractivity contribution in [2.75, 3.05) is 6.61 Å². The van der Waals surface area contributed by atoms with Gasteiger partial charge in [-0.15, -0.1) is 0 Å². The van der Waals surface area contributed by atoms with Crippen LogP contribution in [0.1, 0.15) is 90.4 Å². The van der Waals surface area contributed by atoms with Gasteiger partial charge in [0.15, 0.2) is 11.6 Å². The van der Waals surface area contributed by atoms with E-state index in [9.17, 15) is 14.7 Å². The predicted molar refractivity (Wildman–Crippen MR) is 117 cm³/mol. The molecular weight excluding hydrogens is 396 g/mol. The van der Waals surface area contributed by atoms with Crippen LogP contribution >= 0.6 is 0 Å². The number of esters is 1. The Balaban J connectivity index is 1.37. The summed E-state index contributed by atoms with van der Waals surface area (Å²) >= 11 is 0. The van der Waals surface area contributed by atoms with Gasteiger partial charge in [-0.3, -0.25) is 9.59 Å². The van der Waals surface area contributed by atoms with Gasteiger partial charge in [0.25, 0.3) is 0 Å². The highest BCUT2D eigenvalue weighted by molar-refractivity contribution is 6.00. The highest BCUT2D eigenvalue weighted by Crippen LogP contribution is 2.47. The van der Waals surface area contributed by atoms with Crippen LogP contribution in [0.25, 0.3) is 0 Å².